The standard InChI is InChI=1S/C26H25ClF3N3O5/c27-20-7-5-15(13-19(20)26(28,29)30)25(36)9-11-31(12-10-25)21-8-6-16(14-22(21)33(37)38)32-23(34)17-3-1-2-4-18(17)24(32)35/h5-8,13-14,17-18,36H,1-4,9-12H2/t17-,18-/m1/s1. The molecule has 5 rings (SSSR count). The van der Waals surface area contributed by atoms with Gasteiger partial charge in [-0.05, 0) is 55.5 Å². The number of imide groups is 1. The average Bonchev–Trinajstić information content (AvgIpc) is 3.13. The summed E-state index contributed by atoms with van der Waals surface area (Å²) in [6, 6.07) is 7.50. The van der Waals surface area contributed by atoms with Crippen molar-refractivity contribution in [3.8, 4) is 0 Å². The molecule has 2 amide bonds. The number of halogens is 4. The molecule has 2 aromatic carbocycles. The molecule has 38 heavy (non-hydrogen) atoms. The molecule has 1 N–H and O–H groups in total. The fourth-order valence-electron chi connectivity index (χ4n) is 5.92. The van der Waals surface area contributed by atoms with Crippen LogP contribution >= 0.6 is 11.6 Å². The molecule has 1 aliphatic carbocycles. The first-order valence-corrected chi connectivity index (χ1v) is 12.8. The Morgan fingerprint density at radius 2 is 1.61 bits per heavy atom. The molecule has 2 saturated heterocycles. The van der Waals surface area contributed by atoms with Crippen LogP contribution in [0.1, 0.15) is 49.7 Å². The number of amides is 2. The van der Waals surface area contributed by atoms with Crippen LogP contribution in [-0.4, -0.2) is 34.9 Å². The number of nitro groups is 1. The SMILES string of the molecule is O=C1[C@@H]2CCCC[C@H]2C(=O)N1c1ccc(N2CCC(O)(c3ccc(Cl)c(C(F)(F)F)c3)CC2)c([N+](=O)[O-])c1. The number of piperidine rings is 1. The van der Waals surface area contributed by atoms with Crippen LogP contribution in [0.5, 0.6) is 0 Å². The number of benzene rings is 2. The van der Waals surface area contributed by atoms with Crippen molar-refractivity contribution >= 4 is 40.5 Å². The van der Waals surface area contributed by atoms with Gasteiger partial charge in [-0.3, -0.25) is 19.7 Å². The second kappa shape index (κ2) is 9.53. The maximum absolute atomic E-state index is 13.3. The molecule has 12 heteroatoms. The number of anilines is 2. The van der Waals surface area contributed by atoms with E-state index in [0.29, 0.717) is 12.8 Å². The van der Waals surface area contributed by atoms with E-state index >= 15 is 0 Å². The molecule has 0 radical (unpaired) electrons. The Morgan fingerprint density at radius 1 is 1.00 bits per heavy atom. The first-order chi connectivity index (χ1) is 17.9. The van der Waals surface area contributed by atoms with Gasteiger partial charge in [0.25, 0.3) is 5.69 Å². The number of rotatable bonds is 4. The highest BCUT2D eigenvalue weighted by Gasteiger charge is 2.49. The summed E-state index contributed by atoms with van der Waals surface area (Å²) >= 11 is 5.71. The fraction of sp³-hybridized carbons (Fsp3) is 0.462. The quantitative estimate of drug-likeness (QED) is 0.308. The Hall–Kier alpha value is -3.18. The Balaban J connectivity index is 1.38. The molecule has 2 atom stereocenters. The van der Waals surface area contributed by atoms with Gasteiger partial charge in [0, 0.05) is 19.2 Å². The number of hydrogen-bond donors (Lipinski definition) is 1. The molecule has 1 saturated carbocycles. The second-order valence-electron chi connectivity index (χ2n) is 10.2. The molecular weight excluding hydrogens is 527 g/mol. The lowest BCUT2D eigenvalue weighted by atomic mass is 9.81. The minimum Gasteiger partial charge on any atom is -0.385 e. The number of nitro benzene ring substituents is 1. The number of carbonyl (C=O) groups excluding carboxylic acids is 2. The van der Waals surface area contributed by atoms with Crippen LogP contribution in [0.25, 0.3) is 0 Å². The van der Waals surface area contributed by atoms with Gasteiger partial charge in [-0.25, -0.2) is 4.90 Å². The second-order valence-corrected chi connectivity index (χ2v) is 10.6. The highest BCUT2D eigenvalue weighted by Crippen LogP contribution is 2.44. The van der Waals surface area contributed by atoms with E-state index in [9.17, 15) is 38.0 Å². The summed E-state index contributed by atoms with van der Waals surface area (Å²) in [5.41, 5.74) is -2.44. The van der Waals surface area contributed by atoms with E-state index < -0.39 is 27.3 Å². The Kier molecular flexibility index (Phi) is 6.63. The van der Waals surface area contributed by atoms with Gasteiger partial charge in [-0.2, -0.15) is 13.2 Å². The van der Waals surface area contributed by atoms with Crippen molar-refractivity contribution in [3.63, 3.8) is 0 Å². The molecule has 2 aromatic rings. The fourth-order valence-corrected chi connectivity index (χ4v) is 6.14. The number of hydrogen-bond acceptors (Lipinski definition) is 6. The topological polar surface area (TPSA) is 104 Å². The predicted octanol–water partition coefficient (Wildman–Crippen LogP) is 5.43. The van der Waals surface area contributed by atoms with Crippen LogP contribution in [0.15, 0.2) is 36.4 Å². The predicted molar refractivity (Wildman–Crippen MR) is 133 cm³/mol. The van der Waals surface area contributed by atoms with Crippen LogP contribution in [0, 0.1) is 22.0 Å². The first-order valence-electron chi connectivity index (χ1n) is 12.4. The summed E-state index contributed by atoms with van der Waals surface area (Å²) in [6.07, 6.45) is -1.65. The third kappa shape index (κ3) is 4.51. The van der Waals surface area contributed by atoms with Crippen LogP contribution in [-0.2, 0) is 21.4 Å². The van der Waals surface area contributed by atoms with Crippen molar-refractivity contribution in [2.75, 3.05) is 22.9 Å². The van der Waals surface area contributed by atoms with Crippen LogP contribution < -0.4 is 9.80 Å². The Bertz CT molecular complexity index is 1290. The van der Waals surface area contributed by atoms with Crippen LogP contribution in [0.2, 0.25) is 5.02 Å². The van der Waals surface area contributed by atoms with Gasteiger partial charge in [0.2, 0.25) is 11.8 Å². The molecule has 0 unspecified atom stereocenters. The number of carbonyl (C=O) groups is 2. The van der Waals surface area contributed by atoms with Crippen molar-refractivity contribution in [2.24, 2.45) is 11.8 Å². The number of nitrogens with zero attached hydrogens (tertiary/aromatic N) is 3. The van der Waals surface area contributed by atoms with Gasteiger partial charge < -0.3 is 10.0 Å². The van der Waals surface area contributed by atoms with Crippen molar-refractivity contribution in [2.45, 2.75) is 50.3 Å². The summed E-state index contributed by atoms with van der Waals surface area (Å²) < 4.78 is 40.0. The molecule has 2 aliphatic heterocycles. The monoisotopic (exact) mass is 551 g/mol. The van der Waals surface area contributed by atoms with E-state index in [1.165, 1.54) is 24.3 Å². The van der Waals surface area contributed by atoms with E-state index in [4.69, 9.17) is 11.6 Å². The Labute approximate surface area is 221 Å². The lowest BCUT2D eigenvalue weighted by Gasteiger charge is -2.39. The average molecular weight is 552 g/mol. The molecule has 0 spiro atoms. The van der Waals surface area contributed by atoms with E-state index in [1.807, 2.05) is 0 Å². The highest BCUT2D eigenvalue weighted by atomic mass is 35.5. The highest BCUT2D eigenvalue weighted by molar-refractivity contribution is 6.31. The number of aliphatic hydroxyl groups is 1. The van der Waals surface area contributed by atoms with Gasteiger partial charge >= 0.3 is 6.18 Å². The smallest absolute Gasteiger partial charge is 0.385 e. The van der Waals surface area contributed by atoms with E-state index in [0.717, 1.165) is 29.9 Å². The molecule has 202 valence electrons. The van der Waals surface area contributed by atoms with E-state index in [1.54, 1.807) is 4.90 Å². The van der Waals surface area contributed by atoms with Crippen LogP contribution in [0.4, 0.5) is 30.2 Å². The van der Waals surface area contributed by atoms with Crippen molar-refractivity contribution in [1.82, 2.24) is 0 Å². The van der Waals surface area contributed by atoms with Gasteiger partial charge in [0.05, 0.1) is 38.6 Å². The van der Waals surface area contributed by atoms with E-state index in [2.05, 4.69) is 0 Å². The minimum atomic E-state index is -4.68. The summed E-state index contributed by atoms with van der Waals surface area (Å²) in [7, 11) is 0. The van der Waals surface area contributed by atoms with Gasteiger partial charge in [-0.1, -0.05) is 30.5 Å². The molecular formula is C26H25ClF3N3O5. The summed E-state index contributed by atoms with van der Waals surface area (Å²) in [6.45, 7) is 0.263. The molecule has 0 aromatic heterocycles. The molecule has 8 nitrogen and oxygen atoms in total. The number of alkyl halides is 3. The van der Waals surface area contributed by atoms with E-state index in [-0.39, 0.29) is 72.2 Å². The third-order valence-electron chi connectivity index (χ3n) is 8.00. The van der Waals surface area contributed by atoms with Gasteiger partial charge in [-0.15, -0.1) is 0 Å². The maximum Gasteiger partial charge on any atom is 0.417 e. The molecule has 3 fully saturated rings. The van der Waals surface area contributed by atoms with Crippen molar-refractivity contribution in [1.29, 1.82) is 0 Å². The van der Waals surface area contributed by atoms with Gasteiger partial charge in [0.1, 0.15) is 5.69 Å². The zero-order valence-corrected chi connectivity index (χ0v) is 21.0. The number of fused-ring (bicyclic) bond motifs is 1. The summed E-state index contributed by atoms with van der Waals surface area (Å²) in [5.74, 6) is -1.43. The zero-order chi connectivity index (χ0) is 27.4. The zero-order valence-electron chi connectivity index (χ0n) is 20.2. The van der Waals surface area contributed by atoms with Gasteiger partial charge in [0.15, 0.2) is 0 Å². The lowest BCUT2D eigenvalue weighted by molar-refractivity contribution is -0.384. The molecule has 3 aliphatic rings. The normalized spacial score (nSPS) is 23.5. The molecule has 0 bridgehead atoms. The summed E-state index contributed by atoms with van der Waals surface area (Å²) in [5, 5.41) is 22.7. The van der Waals surface area contributed by atoms with Crippen molar-refractivity contribution in [3.05, 3.63) is 62.7 Å². The lowest BCUT2D eigenvalue weighted by Crippen LogP contribution is -2.43. The largest absolute Gasteiger partial charge is 0.417 e. The first kappa shape index (κ1) is 26.4. The molecule has 2 heterocycles. The maximum atomic E-state index is 13.3. The van der Waals surface area contributed by atoms with Crippen molar-refractivity contribution < 1.29 is 32.8 Å². The minimum absolute atomic E-state index is 0.0251. The third-order valence-corrected chi connectivity index (χ3v) is 8.33. The van der Waals surface area contributed by atoms with Crippen LogP contribution in [0.3, 0.4) is 0 Å². The summed E-state index contributed by atoms with van der Waals surface area (Å²) in [4.78, 5) is 40.0. The Morgan fingerprint density at radius 3 is 2.16 bits per heavy atom.